The Balaban J connectivity index is 2.25. The molecule has 2 rings (SSSR count). The van der Waals surface area contributed by atoms with Gasteiger partial charge < -0.3 is 0 Å². The number of hydrogen-bond donors (Lipinski definition) is 0. The second kappa shape index (κ2) is 7.30. The van der Waals surface area contributed by atoms with Crippen molar-refractivity contribution in [3.05, 3.63) is 29.9 Å². The van der Waals surface area contributed by atoms with E-state index in [4.69, 9.17) is 0 Å². The Morgan fingerprint density at radius 1 is 1.11 bits per heavy atom. The smallest absolute Gasteiger partial charge is 0.0844 e. The molecule has 0 N–H and O–H groups in total. The highest BCUT2D eigenvalue weighted by atomic mass is 14.8. The standard InChI is InChI=1S/C16H24N2/c1-2-9-14-10-7-5-3-4-6-8-11-15-16(14)18-13-12-17-15/h8,11-14H,2-7,9-10H2,1H3. The van der Waals surface area contributed by atoms with Crippen LogP contribution in [0.25, 0.3) is 6.08 Å². The van der Waals surface area contributed by atoms with Crippen molar-refractivity contribution in [1.82, 2.24) is 9.97 Å². The number of allylic oxidation sites excluding steroid dienone is 1. The zero-order chi connectivity index (χ0) is 12.6. The lowest BCUT2D eigenvalue weighted by atomic mass is 9.92. The summed E-state index contributed by atoms with van der Waals surface area (Å²) in [4.78, 5) is 9.12. The first-order valence-electron chi connectivity index (χ1n) is 7.39. The molecule has 98 valence electrons. The highest BCUT2D eigenvalue weighted by molar-refractivity contribution is 5.47. The SMILES string of the molecule is CCCC1CCCCCCC=Cc2nccnc21. The Bertz CT molecular complexity index is 384. The number of nitrogens with zero attached hydrogens (tertiary/aromatic N) is 2. The van der Waals surface area contributed by atoms with Crippen molar-refractivity contribution in [3.63, 3.8) is 0 Å². The topological polar surface area (TPSA) is 25.8 Å². The first-order chi connectivity index (χ1) is 8.92. The molecule has 1 unspecified atom stereocenters. The molecule has 0 bridgehead atoms. The van der Waals surface area contributed by atoms with E-state index in [2.05, 4.69) is 29.0 Å². The van der Waals surface area contributed by atoms with Gasteiger partial charge in [0, 0.05) is 18.3 Å². The molecule has 0 fully saturated rings. The van der Waals surface area contributed by atoms with Crippen molar-refractivity contribution in [2.24, 2.45) is 0 Å². The maximum absolute atomic E-state index is 4.61. The van der Waals surface area contributed by atoms with Crippen LogP contribution < -0.4 is 0 Å². The van der Waals surface area contributed by atoms with Gasteiger partial charge in [0.05, 0.1) is 11.4 Å². The van der Waals surface area contributed by atoms with Crippen LogP contribution in [0.4, 0.5) is 0 Å². The molecule has 1 aliphatic carbocycles. The summed E-state index contributed by atoms with van der Waals surface area (Å²) in [5, 5.41) is 0. The van der Waals surface area contributed by atoms with Gasteiger partial charge in [-0.2, -0.15) is 0 Å². The molecule has 0 saturated carbocycles. The van der Waals surface area contributed by atoms with Gasteiger partial charge in [-0.05, 0) is 31.8 Å². The third kappa shape index (κ3) is 3.66. The first kappa shape index (κ1) is 13.3. The van der Waals surface area contributed by atoms with Crippen LogP contribution in [0.3, 0.4) is 0 Å². The second-order valence-electron chi connectivity index (χ2n) is 5.21. The molecule has 2 nitrogen and oxygen atoms in total. The van der Waals surface area contributed by atoms with Gasteiger partial charge in [-0.15, -0.1) is 0 Å². The molecule has 0 radical (unpaired) electrons. The van der Waals surface area contributed by atoms with E-state index in [0.29, 0.717) is 5.92 Å². The Morgan fingerprint density at radius 3 is 2.83 bits per heavy atom. The minimum absolute atomic E-state index is 0.599. The minimum Gasteiger partial charge on any atom is -0.257 e. The highest BCUT2D eigenvalue weighted by Gasteiger charge is 2.16. The van der Waals surface area contributed by atoms with Crippen LogP contribution >= 0.6 is 0 Å². The Labute approximate surface area is 111 Å². The molecule has 1 aromatic rings. The summed E-state index contributed by atoms with van der Waals surface area (Å²) in [5.41, 5.74) is 2.32. The maximum atomic E-state index is 4.61. The molecule has 0 spiro atoms. The molecule has 1 aliphatic rings. The van der Waals surface area contributed by atoms with Crippen LogP contribution in [0, 0.1) is 0 Å². The van der Waals surface area contributed by atoms with Gasteiger partial charge in [0.2, 0.25) is 0 Å². The fourth-order valence-corrected chi connectivity index (χ4v) is 2.77. The van der Waals surface area contributed by atoms with Gasteiger partial charge in [-0.25, -0.2) is 0 Å². The van der Waals surface area contributed by atoms with Crippen LogP contribution in [-0.4, -0.2) is 9.97 Å². The van der Waals surface area contributed by atoms with Crippen molar-refractivity contribution in [3.8, 4) is 0 Å². The molecule has 0 saturated heterocycles. The van der Waals surface area contributed by atoms with Crippen LogP contribution in [-0.2, 0) is 0 Å². The zero-order valence-electron chi connectivity index (χ0n) is 11.4. The summed E-state index contributed by atoms with van der Waals surface area (Å²) in [5.74, 6) is 0.599. The van der Waals surface area contributed by atoms with Gasteiger partial charge in [-0.3, -0.25) is 9.97 Å². The summed E-state index contributed by atoms with van der Waals surface area (Å²) in [6.07, 6.45) is 18.4. The van der Waals surface area contributed by atoms with Gasteiger partial charge in [0.25, 0.3) is 0 Å². The third-order valence-electron chi connectivity index (χ3n) is 3.73. The monoisotopic (exact) mass is 244 g/mol. The Kier molecular flexibility index (Phi) is 5.37. The molecule has 2 heteroatoms. The van der Waals surface area contributed by atoms with Gasteiger partial charge in [0.15, 0.2) is 0 Å². The first-order valence-corrected chi connectivity index (χ1v) is 7.39. The fraction of sp³-hybridized carbons (Fsp3) is 0.625. The van der Waals surface area contributed by atoms with E-state index in [-0.39, 0.29) is 0 Å². The van der Waals surface area contributed by atoms with E-state index in [1.165, 1.54) is 57.1 Å². The van der Waals surface area contributed by atoms with Crippen LogP contribution in [0.2, 0.25) is 0 Å². The summed E-state index contributed by atoms with van der Waals surface area (Å²) < 4.78 is 0. The molecule has 1 heterocycles. The van der Waals surface area contributed by atoms with Crippen LogP contribution in [0.5, 0.6) is 0 Å². The average molecular weight is 244 g/mol. The van der Waals surface area contributed by atoms with Crippen molar-refractivity contribution in [1.29, 1.82) is 0 Å². The zero-order valence-corrected chi connectivity index (χ0v) is 11.4. The lowest BCUT2D eigenvalue weighted by Gasteiger charge is -2.16. The maximum Gasteiger partial charge on any atom is 0.0844 e. The van der Waals surface area contributed by atoms with E-state index in [0.717, 1.165) is 5.69 Å². The largest absolute Gasteiger partial charge is 0.257 e. The Hall–Kier alpha value is -1.18. The van der Waals surface area contributed by atoms with E-state index in [9.17, 15) is 0 Å². The van der Waals surface area contributed by atoms with E-state index >= 15 is 0 Å². The van der Waals surface area contributed by atoms with Crippen LogP contribution in [0.15, 0.2) is 18.5 Å². The molecule has 18 heavy (non-hydrogen) atoms. The number of fused-ring (bicyclic) bond motifs is 1. The van der Waals surface area contributed by atoms with Crippen molar-refractivity contribution in [2.45, 2.75) is 64.2 Å². The van der Waals surface area contributed by atoms with Gasteiger partial charge >= 0.3 is 0 Å². The normalized spacial score (nSPS) is 21.1. The predicted octanol–water partition coefficient (Wildman–Crippen LogP) is 4.73. The quantitative estimate of drug-likeness (QED) is 0.751. The molecule has 0 amide bonds. The molecular weight excluding hydrogens is 220 g/mol. The second-order valence-corrected chi connectivity index (χ2v) is 5.21. The third-order valence-corrected chi connectivity index (χ3v) is 3.73. The molecule has 0 aliphatic heterocycles. The van der Waals surface area contributed by atoms with Gasteiger partial charge in [0.1, 0.15) is 0 Å². The lowest BCUT2D eigenvalue weighted by Crippen LogP contribution is -2.05. The van der Waals surface area contributed by atoms with Crippen molar-refractivity contribution in [2.75, 3.05) is 0 Å². The summed E-state index contributed by atoms with van der Waals surface area (Å²) >= 11 is 0. The van der Waals surface area contributed by atoms with E-state index < -0.39 is 0 Å². The number of hydrogen-bond acceptors (Lipinski definition) is 2. The molecule has 0 aromatic carbocycles. The lowest BCUT2D eigenvalue weighted by molar-refractivity contribution is 0.508. The van der Waals surface area contributed by atoms with E-state index in [1.807, 2.05) is 12.4 Å². The van der Waals surface area contributed by atoms with Crippen molar-refractivity contribution >= 4 is 6.08 Å². The van der Waals surface area contributed by atoms with Crippen LogP contribution in [0.1, 0.15) is 75.6 Å². The summed E-state index contributed by atoms with van der Waals surface area (Å²) in [6.45, 7) is 2.26. The summed E-state index contributed by atoms with van der Waals surface area (Å²) in [7, 11) is 0. The number of aromatic nitrogens is 2. The molecule has 1 aromatic heterocycles. The van der Waals surface area contributed by atoms with E-state index in [1.54, 1.807) is 0 Å². The summed E-state index contributed by atoms with van der Waals surface area (Å²) in [6, 6.07) is 0. The fourth-order valence-electron chi connectivity index (χ4n) is 2.77. The minimum atomic E-state index is 0.599. The number of rotatable bonds is 2. The van der Waals surface area contributed by atoms with Crippen molar-refractivity contribution < 1.29 is 0 Å². The average Bonchev–Trinajstić information content (AvgIpc) is 2.44. The van der Waals surface area contributed by atoms with Gasteiger partial charge in [-0.1, -0.05) is 38.7 Å². The molecule has 1 atom stereocenters. The predicted molar refractivity (Wildman–Crippen MR) is 76.4 cm³/mol. The highest BCUT2D eigenvalue weighted by Crippen LogP contribution is 2.28. The molecular formula is C16H24N2. The Morgan fingerprint density at radius 2 is 1.94 bits per heavy atom.